The second-order valence-corrected chi connectivity index (χ2v) is 10.6. The number of pyridine rings is 1. The van der Waals surface area contributed by atoms with Crippen molar-refractivity contribution in [2.45, 2.75) is 18.1 Å². The zero-order valence-electron chi connectivity index (χ0n) is 21.9. The number of benzene rings is 3. The fourth-order valence-corrected chi connectivity index (χ4v) is 5.08. The molecule has 0 unspecified atom stereocenters. The van der Waals surface area contributed by atoms with E-state index >= 15 is 0 Å². The monoisotopic (exact) mass is 609 g/mol. The van der Waals surface area contributed by atoms with Gasteiger partial charge >= 0.3 is 6.61 Å². The molecule has 0 atom stereocenters. The molecule has 3 N–H and O–H groups in total. The van der Waals surface area contributed by atoms with Crippen LogP contribution in [-0.2, 0) is 16.6 Å². The molecule has 3 aromatic carbocycles. The third-order valence-corrected chi connectivity index (χ3v) is 7.37. The summed E-state index contributed by atoms with van der Waals surface area (Å²) in [7, 11) is -4.57. The second kappa shape index (κ2) is 12.1. The van der Waals surface area contributed by atoms with Crippen LogP contribution in [0.2, 0.25) is 0 Å². The van der Waals surface area contributed by atoms with E-state index in [1.165, 1.54) is 42.6 Å². The molecule has 0 radical (unpaired) electrons. The standard InChI is InChI=1S/C28H21F2N5O7S/c29-28(30)42-19-5-3-4-17(12-19)15-32-23-9-8-21(14-24(23)35(37)38)43(39,40)34-27(36)22-6-1-2-7-25(22)41-20-13-18-10-11-31-26(18)33-16-20/h1-14,16,28,32H,15H2,(H,31,33)(H,34,36). The van der Waals surface area contributed by atoms with Gasteiger partial charge < -0.3 is 19.8 Å². The Morgan fingerprint density at radius 2 is 1.84 bits per heavy atom. The van der Waals surface area contributed by atoms with Gasteiger partial charge in [0.05, 0.1) is 21.6 Å². The van der Waals surface area contributed by atoms with Gasteiger partial charge in [-0.15, -0.1) is 0 Å². The smallest absolute Gasteiger partial charge is 0.387 e. The molecule has 220 valence electrons. The summed E-state index contributed by atoms with van der Waals surface area (Å²) in [5.41, 5.74) is 0.370. The van der Waals surface area contributed by atoms with E-state index in [1.54, 1.807) is 30.5 Å². The molecule has 0 spiro atoms. The summed E-state index contributed by atoms with van der Waals surface area (Å²) in [6.07, 6.45) is 3.14. The number of fused-ring (bicyclic) bond motifs is 1. The number of rotatable bonds is 11. The minimum Gasteiger partial charge on any atom is -0.455 e. The van der Waals surface area contributed by atoms with Crippen LogP contribution in [0.15, 0.2) is 96.2 Å². The predicted molar refractivity (Wildman–Crippen MR) is 151 cm³/mol. The first-order chi connectivity index (χ1) is 20.6. The number of nitro benzene ring substituents is 1. The highest BCUT2D eigenvalue weighted by molar-refractivity contribution is 7.90. The first-order valence-electron chi connectivity index (χ1n) is 12.4. The van der Waals surface area contributed by atoms with Crippen molar-refractivity contribution in [1.29, 1.82) is 0 Å². The summed E-state index contributed by atoms with van der Waals surface area (Å²) >= 11 is 0. The van der Waals surface area contributed by atoms with Crippen LogP contribution in [-0.4, -0.2) is 35.8 Å². The van der Waals surface area contributed by atoms with Gasteiger partial charge in [0, 0.05) is 24.2 Å². The van der Waals surface area contributed by atoms with Crippen LogP contribution in [0.1, 0.15) is 15.9 Å². The minimum absolute atomic E-state index is 0.0204. The van der Waals surface area contributed by atoms with Crippen molar-refractivity contribution in [3.8, 4) is 17.2 Å². The molecular weight excluding hydrogens is 588 g/mol. The van der Waals surface area contributed by atoms with Crippen molar-refractivity contribution in [1.82, 2.24) is 14.7 Å². The maximum atomic E-state index is 13.1. The third kappa shape index (κ3) is 6.84. The largest absolute Gasteiger partial charge is 0.455 e. The van der Waals surface area contributed by atoms with Crippen LogP contribution in [0.4, 0.5) is 20.2 Å². The molecule has 5 aromatic rings. The molecule has 0 aliphatic heterocycles. The number of sulfonamides is 1. The molecule has 0 saturated heterocycles. The lowest BCUT2D eigenvalue weighted by molar-refractivity contribution is -0.384. The van der Waals surface area contributed by atoms with Gasteiger partial charge in [0.15, 0.2) is 0 Å². The predicted octanol–water partition coefficient (Wildman–Crippen LogP) is 5.60. The number of aromatic nitrogens is 2. The Labute approximate surface area is 242 Å². The lowest BCUT2D eigenvalue weighted by Gasteiger charge is -2.13. The quantitative estimate of drug-likeness (QED) is 0.128. The zero-order valence-corrected chi connectivity index (χ0v) is 22.7. The van der Waals surface area contributed by atoms with Gasteiger partial charge in [-0.05, 0) is 54.1 Å². The van der Waals surface area contributed by atoms with Gasteiger partial charge in [-0.25, -0.2) is 18.1 Å². The molecule has 0 aliphatic carbocycles. The van der Waals surface area contributed by atoms with Crippen LogP contribution in [0.5, 0.6) is 17.2 Å². The molecule has 43 heavy (non-hydrogen) atoms. The highest BCUT2D eigenvalue weighted by atomic mass is 32.2. The van der Waals surface area contributed by atoms with Gasteiger partial charge in [0.25, 0.3) is 21.6 Å². The van der Waals surface area contributed by atoms with Crippen molar-refractivity contribution in [3.05, 3.63) is 112 Å². The van der Waals surface area contributed by atoms with E-state index < -0.39 is 38.0 Å². The number of H-pyrrole nitrogens is 1. The fraction of sp³-hybridized carbons (Fsp3) is 0.0714. The number of alkyl halides is 2. The zero-order chi connectivity index (χ0) is 30.6. The van der Waals surface area contributed by atoms with Gasteiger partial charge in [-0.3, -0.25) is 14.9 Å². The van der Waals surface area contributed by atoms with E-state index in [-0.39, 0.29) is 29.3 Å². The average molecular weight is 610 g/mol. The van der Waals surface area contributed by atoms with Crippen LogP contribution >= 0.6 is 0 Å². The Morgan fingerprint density at radius 1 is 1.02 bits per heavy atom. The Balaban J connectivity index is 1.33. The first-order valence-corrected chi connectivity index (χ1v) is 13.9. The Morgan fingerprint density at radius 3 is 2.63 bits per heavy atom. The van der Waals surface area contributed by atoms with Crippen LogP contribution in [0.3, 0.4) is 0 Å². The molecule has 5 rings (SSSR count). The number of nitro groups is 1. The number of halogens is 2. The maximum absolute atomic E-state index is 13.1. The average Bonchev–Trinajstić information content (AvgIpc) is 3.44. The molecule has 2 heterocycles. The fourth-order valence-electron chi connectivity index (χ4n) is 4.09. The number of hydrogen-bond donors (Lipinski definition) is 3. The van der Waals surface area contributed by atoms with E-state index in [1.807, 2.05) is 4.72 Å². The Hall–Kier alpha value is -5.57. The van der Waals surface area contributed by atoms with E-state index in [9.17, 15) is 32.1 Å². The summed E-state index contributed by atoms with van der Waals surface area (Å²) in [4.78, 5) is 30.7. The van der Waals surface area contributed by atoms with Gasteiger partial charge in [-0.1, -0.05) is 24.3 Å². The summed E-state index contributed by atoms with van der Waals surface area (Å²) in [5.74, 6) is -0.754. The molecule has 1 amide bonds. The number of hydrogen-bond acceptors (Lipinski definition) is 9. The van der Waals surface area contributed by atoms with E-state index in [2.05, 4.69) is 20.0 Å². The normalized spacial score (nSPS) is 11.3. The van der Waals surface area contributed by atoms with E-state index in [4.69, 9.17) is 4.74 Å². The number of aromatic amines is 1. The molecular formula is C28H21F2N5O7S. The number of nitrogens with one attached hydrogen (secondary N) is 3. The van der Waals surface area contributed by atoms with Crippen LogP contribution in [0.25, 0.3) is 11.0 Å². The highest BCUT2D eigenvalue weighted by Gasteiger charge is 2.25. The number of anilines is 1. The molecule has 2 aromatic heterocycles. The van der Waals surface area contributed by atoms with Crippen LogP contribution < -0.4 is 19.5 Å². The van der Waals surface area contributed by atoms with Gasteiger partial charge in [-0.2, -0.15) is 8.78 Å². The number of carbonyl (C=O) groups is 1. The van der Waals surface area contributed by atoms with Crippen LogP contribution in [0, 0.1) is 10.1 Å². The number of para-hydroxylation sites is 1. The highest BCUT2D eigenvalue weighted by Crippen LogP contribution is 2.30. The molecule has 12 nitrogen and oxygen atoms in total. The molecule has 0 aliphatic rings. The number of carbonyl (C=O) groups excluding carboxylic acids is 1. The SMILES string of the molecule is O=C(NS(=O)(=O)c1ccc(NCc2cccc(OC(F)F)c2)c([N+](=O)[O-])c1)c1ccccc1Oc1cnc2[nH]ccc2c1. The molecule has 0 bridgehead atoms. The van der Waals surface area contributed by atoms with Crippen molar-refractivity contribution in [2.75, 3.05) is 5.32 Å². The summed E-state index contributed by atoms with van der Waals surface area (Å²) in [6, 6.07) is 18.2. The first kappa shape index (κ1) is 28.9. The second-order valence-electron chi connectivity index (χ2n) is 8.93. The lowest BCUT2D eigenvalue weighted by atomic mass is 10.2. The van der Waals surface area contributed by atoms with Crippen molar-refractivity contribution >= 4 is 38.3 Å². The van der Waals surface area contributed by atoms with Gasteiger partial charge in [0.1, 0.15) is 28.6 Å². The molecule has 15 heteroatoms. The Bertz CT molecular complexity index is 1930. The summed E-state index contributed by atoms with van der Waals surface area (Å²) in [6.45, 7) is -3.04. The topological polar surface area (TPSA) is 166 Å². The van der Waals surface area contributed by atoms with Crippen molar-refractivity contribution in [3.63, 3.8) is 0 Å². The molecule has 0 saturated carbocycles. The third-order valence-electron chi connectivity index (χ3n) is 6.04. The number of amides is 1. The summed E-state index contributed by atoms with van der Waals surface area (Å²) < 4.78 is 63.3. The maximum Gasteiger partial charge on any atom is 0.387 e. The number of nitrogens with zero attached hydrogens (tertiary/aromatic N) is 2. The molecule has 0 fully saturated rings. The number of ether oxygens (including phenoxy) is 2. The Kier molecular flexibility index (Phi) is 8.16. The lowest BCUT2D eigenvalue weighted by Crippen LogP contribution is -2.30. The van der Waals surface area contributed by atoms with Crippen molar-refractivity contribution in [2.24, 2.45) is 0 Å². The summed E-state index contributed by atoms with van der Waals surface area (Å²) in [5, 5.41) is 15.3. The minimum atomic E-state index is -4.57. The van der Waals surface area contributed by atoms with E-state index in [0.717, 1.165) is 23.6 Å². The van der Waals surface area contributed by atoms with E-state index in [0.29, 0.717) is 17.0 Å². The van der Waals surface area contributed by atoms with Crippen molar-refractivity contribution < 1.29 is 36.4 Å². The van der Waals surface area contributed by atoms with Gasteiger partial charge in [0.2, 0.25) is 0 Å².